The Morgan fingerprint density at radius 2 is 1.39 bits per heavy atom. The van der Waals surface area contributed by atoms with Gasteiger partial charge in [0.15, 0.2) is 5.58 Å². The second-order valence-corrected chi connectivity index (χ2v) is 13.4. The summed E-state index contributed by atoms with van der Waals surface area (Å²) in [6.45, 7) is 11.2. The maximum atomic E-state index is 6.66. The molecule has 9 rings (SSSR count). The molecule has 222 valence electrons. The van der Waals surface area contributed by atoms with Crippen LogP contribution in [0.25, 0.3) is 38.6 Å². The number of benzene rings is 5. The van der Waals surface area contributed by atoms with Gasteiger partial charge in [-0.1, -0.05) is 123 Å². The number of para-hydroxylation sites is 2. The van der Waals surface area contributed by atoms with Gasteiger partial charge in [0.05, 0.1) is 5.69 Å². The highest BCUT2D eigenvalue weighted by Gasteiger charge is 2.36. The minimum Gasteiger partial charge on any atom is -0.454 e. The fourth-order valence-corrected chi connectivity index (χ4v) is 8.36. The zero-order valence-electron chi connectivity index (χ0n) is 26.4. The lowest BCUT2D eigenvalue weighted by Gasteiger charge is -2.35. The van der Waals surface area contributed by atoms with E-state index >= 15 is 0 Å². The minimum atomic E-state index is -0.109. The Labute approximate surface area is 270 Å². The summed E-state index contributed by atoms with van der Waals surface area (Å²) in [5.74, 6) is 0.605. The smallest absolute Gasteiger partial charge is 0.159 e. The van der Waals surface area contributed by atoms with Gasteiger partial charge in [-0.05, 0) is 82.3 Å². The van der Waals surface area contributed by atoms with Gasteiger partial charge in [-0.3, -0.25) is 0 Å². The average Bonchev–Trinajstić information content (AvgIpc) is 3.58. The molecule has 6 aromatic rings. The predicted octanol–water partition coefficient (Wildman–Crippen LogP) is 12.2. The summed E-state index contributed by atoms with van der Waals surface area (Å²) in [5.41, 5.74) is 15.5. The molecule has 0 amide bonds. The zero-order chi connectivity index (χ0) is 31.2. The highest BCUT2D eigenvalue weighted by Crippen LogP contribution is 2.52. The third-order valence-electron chi connectivity index (χ3n) is 10.7. The number of allylic oxidation sites excluding steroid dienone is 7. The molecule has 0 spiro atoms. The maximum absolute atomic E-state index is 6.66. The number of hydrogen-bond acceptors (Lipinski definition) is 2. The number of anilines is 3. The van der Waals surface area contributed by atoms with Crippen LogP contribution in [0.4, 0.5) is 17.1 Å². The van der Waals surface area contributed by atoms with Crippen LogP contribution in [0.1, 0.15) is 48.9 Å². The SMILES string of the molecule is C=CC1=C(C)C2C=CC=CC2c2cc(N(c3ccc4c(c3)C(C)(C)c3ccccc3-4)c3cccc4c3oc3ccccc34)ccc21. The molecule has 0 radical (unpaired) electrons. The van der Waals surface area contributed by atoms with Gasteiger partial charge in [-0.25, -0.2) is 0 Å². The molecule has 0 aliphatic heterocycles. The summed E-state index contributed by atoms with van der Waals surface area (Å²) in [6.07, 6.45) is 11.1. The summed E-state index contributed by atoms with van der Waals surface area (Å²) in [6, 6.07) is 37.7. The molecule has 0 bridgehead atoms. The number of rotatable bonds is 4. The molecular formula is C44H35NO. The topological polar surface area (TPSA) is 16.4 Å². The standard InChI is InChI=1S/C44H35NO/c1-5-30-27(2)31-13-6-7-14-32(31)38-25-28(21-23-33(30)38)45(41-19-12-17-37-36-16-9-11-20-42(36)46-43(37)41)29-22-24-35-34-15-8-10-18-39(34)44(3,4)40(35)26-29/h5-26,31-32H,1H2,2-4H3. The molecule has 46 heavy (non-hydrogen) atoms. The zero-order valence-corrected chi connectivity index (χ0v) is 26.4. The molecule has 0 fully saturated rings. The van der Waals surface area contributed by atoms with Crippen LogP contribution in [-0.2, 0) is 5.41 Å². The molecule has 0 N–H and O–H groups in total. The van der Waals surface area contributed by atoms with Crippen LogP contribution in [0.3, 0.4) is 0 Å². The first-order chi connectivity index (χ1) is 22.5. The number of nitrogens with zero attached hydrogens (tertiary/aromatic N) is 1. The number of furan rings is 1. The van der Waals surface area contributed by atoms with Gasteiger partial charge in [0.2, 0.25) is 0 Å². The van der Waals surface area contributed by atoms with Crippen molar-refractivity contribution in [1.82, 2.24) is 0 Å². The van der Waals surface area contributed by atoms with E-state index < -0.39 is 0 Å². The van der Waals surface area contributed by atoms with E-state index in [1.165, 1.54) is 44.5 Å². The van der Waals surface area contributed by atoms with E-state index in [-0.39, 0.29) is 11.3 Å². The van der Waals surface area contributed by atoms with Crippen molar-refractivity contribution >= 4 is 44.6 Å². The van der Waals surface area contributed by atoms with Crippen LogP contribution in [0.5, 0.6) is 0 Å². The molecule has 3 aliphatic rings. The van der Waals surface area contributed by atoms with Crippen LogP contribution in [0.15, 0.2) is 150 Å². The Bertz CT molecular complexity index is 2340. The summed E-state index contributed by atoms with van der Waals surface area (Å²) >= 11 is 0. The normalized spacial score (nSPS) is 18.8. The van der Waals surface area contributed by atoms with Crippen molar-refractivity contribution in [1.29, 1.82) is 0 Å². The molecule has 1 aromatic heterocycles. The van der Waals surface area contributed by atoms with Crippen molar-refractivity contribution in [2.24, 2.45) is 5.92 Å². The molecule has 5 aromatic carbocycles. The Hall–Kier alpha value is -5.34. The Morgan fingerprint density at radius 1 is 0.696 bits per heavy atom. The van der Waals surface area contributed by atoms with Crippen molar-refractivity contribution in [2.75, 3.05) is 4.90 Å². The van der Waals surface area contributed by atoms with Gasteiger partial charge in [0, 0.05) is 39.4 Å². The van der Waals surface area contributed by atoms with Gasteiger partial charge >= 0.3 is 0 Å². The van der Waals surface area contributed by atoms with Crippen LogP contribution in [0, 0.1) is 5.92 Å². The monoisotopic (exact) mass is 593 g/mol. The van der Waals surface area contributed by atoms with Crippen molar-refractivity contribution in [3.05, 3.63) is 168 Å². The molecule has 0 saturated heterocycles. The Morgan fingerprint density at radius 3 is 2.24 bits per heavy atom. The van der Waals surface area contributed by atoms with Crippen LogP contribution >= 0.6 is 0 Å². The van der Waals surface area contributed by atoms with Crippen molar-refractivity contribution in [2.45, 2.75) is 32.1 Å². The summed E-state index contributed by atoms with van der Waals surface area (Å²) < 4.78 is 6.66. The fourth-order valence-electron chi connectivity index (χ4n) is 8.36. The first-order valence-electron chi connectivity index (χ1n) is 16.2. The number of hydrogen-bond donors (Lipinski definition) is 0. The van der Waals surface area contributed by atoms with Crippen LogP contribution in [-0.4, -0.2) is 0 Å². The highest BCUT2D eigenvalue weighted by molar-refractivity contribution is 6.10. The van der Waals surface area contributed by atoms with E-state index in [2.05, 4.69) is 154 Å². The summed E-state index contributed by atoms with van der Waals surface area (Å²) in [4.78, 5) is 2.40. The lowest BCUT2D eigenvalue weighted by molar-refractivity contribution is 0.651. The number of fused-ring (bicyclic) bond motifs is 9. The highest BCUT2D eigenvalue weighted by atomic mass is 16.3. The Balaban J connectivity index is 1.30. The molecule has 2 heteroatoms. The van der Waals surface area contributed by atoms with Gasteiger partial charge in [0.25, 0.3) is 0 Å². The van der Waals surface area contributed by atoms with Gasteiger partial charge < -0.3 is 9.32 Å². The summed E-state index contributed by atoms with van der Waals surface area (Å²) in [7, 11) is 0. The minimum absolute atomic E-state index is 0.109. The van der Waals surface area contributed by atoms with E-state index in [1.54, 1.807) is 0 Å². The lowest BCUT2D eigenvalue weighted by Crippen LogP contribution is -2.20. The molecule has 2 atom stereocenters. The third kappa shape index (κ3) is 3.70. The van der Waals surface area contributed by atoms with E-state index in [0.717, 1.165) is 39.0 Å². The fraction of sp³-hybridized carbons (Fsp3) is 0.136. The van der Waals surface area contributed by atoms with Gasteiger partial charge in [-0.2, -0.15) is 0 Å². The largest absolute Gasteiger partial charge is 0.454 e. The predicted molar refractivity (Wildman–Crippen MR) is 193 cm³/mol. The molecule has 2 nitrogen and oxygen atoms in total. The van der Waals surface area contributed by atoms with E-state index in [4.69, 9.17) is 4.42 Å². The third-order valence-corrected chi connectivity index (χ3v) is 10.7. The lowest BCUT2D eigenvalue weighted by atomic mass is 9.70. The van der Waals surface area contributed by atoms with Crippen molar-refractivity contribution < 1.29 is 4.42 Å². The van der Waals surface area contributed by atoms with E-state index in [9.17, 15) is 0 Å². The first-order valence-corrected chi connectivity index (χ1v) is 16.2. The van der Waals surface area contributed by atoms with Crippen LogP contribution < -0.4 is 4.90 Å². The first kappa shape index (κ1) is 27.0. The quantitative estimate of drug-likeness (QED) is 0.202. The molecule has 2 unspecified atom stereocenters. The summed E-state index contributed by atoms with van der Waals surface area (Å²) in [5, 5.41) is 2.26. The Kier molecular flexibility index (Phi) is 5.77. The molecule has 0 saturated carbocycles. The van der Waals surface area contributed by atoms with Crippen molar-refractivity contribution in [3.63, 3.8) is 0 Å². The van der Waals surface area contributed by atoms with E-state index in [1.807, 2.05) is 12.1 Å². The molecule has 3 aliphatic carbocycles. The second-order valence-electron chi connectivity index (χ2n) is 13.4. The van der Waals surface area contributed by atoms with Gasteiger partial charge in [-0.15, -0.1) is 0 Å². The van der Waals surface area contributed by atoms with Gasteiger partial charge in [0.1, 0.15) is 5.58 Å². The molecule has 1 heterocycles. The maximum Gasteiger partial charge on any atom is 0.159 e. The molecular weight excluding hydrogens is 558 g/mol. The van der Waals surface area contributed by atoms with Crippen molar-refractivity contribution in [3.8, 4) is 11.1 Å². The second kappa shape index (κ2) is 9.83. The van der Waals surface area contributed by atoms with Crippen LogP contribution in [0.2, 0.25) is 0 Å². The van der Waals surface area contributed by atoms with E-state index in [0.29, 0.717) is 5.92 Å². The average molecular weight is 594 g/mol.